The van der Waals surface area contributed by atoms with Crippen LogP contribution in [0.4, 0.5) is 10.5 Å². The van der Waals surface area contributed by atoms with E-state index >= 15 is 0 Å². The number of nitrogens with zero attached hydrogens (tertiary/aromatic N) is 3. The average molecular weight is 410 g/mol. The predicted octanol–water partition coefficient (Wildman–Crippen LogP) is 2.87. The van der Waals surface area contributed by atoms with Crippen LogP contribution in [0, 0.1) is 17.8 Å². The van der Waals surface area contributed by atoms with Crippen LogP contribution in [0.2, 0.25) is 0 Å². The van der Waals surface area contributed by atoms with Gasteiger partial charge in [0.05, 0.1) is 0 Å². The Bertz CT molecular complexity index is 864. The summed E-state index contributed by atoms with van der Waals surface area (Å²) in [6, 6.07) is 8.40. The molecule has 1 atom stereocenters. The second-order valence-electron chi connectivity index (χ2n) is 8.79. The molecule has 2 saturated heterocycles. The van der Waals surface area contributed by atoms with Crippen molar-refractivity contribution in [3.63, 3.8) is 0 Å². The minimum Gasteiger partial charge on any atom is -0.436 e. The van der Waals surface area contributed by atoms with Gasteiger partial charge in [-0.15, -0.1) is 5.92 Å². The van der Waals surface area contributed by atoms with E-state index in [2.05, 4.69) is 34.9 Å². The van der Waals surface area contributed by atoms with Crippen LogP contribution in [0.25, 0.3) is 0 Å². The Hall–Kier alpha value is -2.52. The van der Waals surface area contributed by atoms with E-state index in [9.17, 15) is 9.59 Å². The van der Waals surface area contributed by atoms with Gasteiger partial charge in [-0.1, -0.05) is 24.1 Å². The van der Waals surface area contributed by atoms with Crippen molar-refractivity contribution < 1.29 is 14.3 Å². The zero-order chi connectivity index (χ0) is 21.1. The SMILES string of the molecule is CC#CCOC(=O)N1CC[C@H](CN2CCC3(CC2)CN(C(C)=O)c2ccccc23)C1. The van der Waals surface area contributed by atoms with E-state index in [-0.39, 0.29) is 24.0 Å². The van der Waals surface area contributed by atoms with Gasteiger partial charge in [0.25, 0.3) is 0 Å². The highest BCUT2D eigenvalue weighted by molar-refractivity contribution is 5.94. The summed E-state index contributed by atoms with van der Waals surface area (Å²) < 4.78 is 5.20. The Kier molecular flexibility index (Phi) is 6.01. The van der Waals surface area contributed by atoms with E-state index in [4.69, 9.17) is 4.74 Å². The lowest BCUT2D eigenvalue weighted by Crippen LogP contribution is -2.47. The van der Waals surface area contributed by atoms with Gasteiger partial charge in [0.2, 0.25) is 5.91 Å². The first-order valence-corrected chi connectivity index (χ1v) is 10.9. The number of hydrogen-bond donors (Lipinski definition) is 0. The van der Waals surface area contributed by atoms with Crippen LogP contribution in [-0.4, -0.2) is 67.7 Å². The Morgan fingerprint density at radius 3 is 2.70 bits per heavy atom. The fourth-order valence-electron chi connectivity index (χ4n) is 5.28. The van der Waals surface area contributed by atoms with E-state index in [1.54, 1.807) is 13.8 Å². The van der Waals surface area contributed by atoms with Crippen molar-refractivity contribution >= 4 is 17.7 Å². The molecule has 6 nitrogen and oxygen atoms in total. The number of ether oxygens (including phenoxy) is 1. The Balaban J connectivity index is 1.31. The van der Waals surface area contributed by atoms with Gasteiger partial charge in [-0.2, -0.15) is 0 Å². The number of likely N-dealkylation sites (tertiary alicyclic amines) is 2. The third-order valence-corrected chi connectivity index (χ3v) is 6.93. The lowest BCUT2D eigenvalue weighted by molar-refractivity contribution is -0.116. The normalized spacial score (nSPS) is 22.5. The molecule has 160 valence electrons. The van der Waals surface area contributed by atoms with E-state index < -0.39 is 0 Å². The van der Waals surface area contributed by atoms with E-state index in [1.165, 1.54) is 5.56 Å². The number of anilines is 1. The van der Waals surface area contributed by atoms with Crippen molar-refractivity contribution in [1.82, 2.24) is 9.80 Å². The lowest BCUT2D eigenvalue weighted by atomic mass is 9.74. The maximum Gasteiger partial charge on any atom is 0.410 e. The van der Waals surface area contributed by atoms with Crippen molar-refractivity contribution in [2.75, 3.05) is 50.8 Å². The van der Waals surface area contributed by atoms with Crippen molar-refractivity contribution in [2.24, 2.45) is 5.92 Å². The minimum absolute atomic E-state index is 0.0879. The molecule has 0 saturated carbocycles. The highest BCUT2D eigenvalue weighted by Gasteiger charge is 2.45. The average Bonchev–Trinajstić information content (AvgIpc) is 3.34. The van der Waals surface area contributed by atoms with Crippen molar-refractivity contribution in [3.8, 4) is 11.8 Å². The standard InChI is InChI=1S/C24H31N3O3/c1-3-4-15-30-23(29)26-12-9-20(17-26)16-25-13-10-24(11-14-25)18-27(19(2)28)22-8-6-5-7-21(22)24/h5-8,20H,9-18H2,1-2H3/t20-/m1/s1. The molecular weight excluding hydrogens is 378 g/mol. The van der Waals surface area contributed by atoms with Crippen LogP contribution in [0.3, 0.4) is 0 Å². The number of benzene rings is 1. The molecule has 0 unspecified atom stereocenters. The molecule has 1 spiro atoms. The van der Waals surface area contributed by atoms with Gasteiger partial charge in [-0.3, -0.25) is 4.79 Å². The summed E-state index contributed by atoms with van der Waals surface area (Å²) >= 11 is 0. The number of amides is 2. The van der Waals surface area contributed by atoms with Gasteiger partial charge >= 0.3 is 6.09 Å². The first kappa shape index (κ1) is 20.7. The van der Waals surface area contributed by atoms with Crippen LogP contribution in [0.5, 0.6) is 0 Å². The molecule has 1 aromatic carbocycles. The van der Waals surface area contributed by atoms with Crippen LogP contribution >= 0.6 is 0 Å². The summed E-state index contributed by atoms with van der Waals surface area (Å²) in [5, 5.41) is 0. The summed E-state index contributed by atoms with van der Waals surface area (Å²) in [4.78, 5) is 30.6. The maximum absolute atomic E-state index is 12.2. The van der Waals surface area contributed by atoms with Gasteiger partial charge in [-0.05, 0) is 56.8 Å². The smallest absolute Gasteiger partial charge is 0.410 e. The van der Waals surface area contributed by atoms with E-state index in [0.717, 1.165) is 64.2 Å². The number of carbonyl (C=O) groups is 2. The first-order valence-electron chi connectivity index (χ1n) is 10.9. The highest BCUT2D eigenvalue weighted by Crippen LogP contribution is 2.47. The Morgan fingerprint density at radius 2 is 1.97 bits per heavy atom. The molecule has 3 aliphatic heterocycles. The summed E-state index contributed by atoms with van der Waals surface area (Å²) in [6.07, 6.45) is 2.92. The highest BCUT2D eigenvalue weighted by atomic mass is 16.6. The zero-order valence-electron chi connectivity index (χ0n) is 18.0. The fourth-order valence-corrected chi connectivity index (χ4v) is 5.28. The van der Waals surface area contributed by atoms with Crippen LogP contribution in [0.1, 0.15) is 38.7 Å². The molecule has 0 N–H and O–H groups in total. The predicted molar refractivity (Wildman–Crippen MR) is 116 cm³/mol. The molecule has 3 heterocycles. The Labute approximate surface area is 179 Å². The number of carbonyl (C=O) groups excluding carboxylic acids is 2. The second-order valence-corrected chi connectivity index (χ2v) is 8.79. The fraction of sp³-hybridized carbons (Fsp3) is 0.583. The van der Waals surface area contributed by atoms with Gasteiger partial charge in [0, 0.05) is 44.2 Å². The molecule has 0 aliphatic carbocycles. The third kappa shape index (κ3) is 4.04. The van der Waals surface area contributed by atoms with Gasteiger partial charge in [-0.25, -0.2) is 4.79 Å². The summed E-state index contributed by atoms with van der Waals surface area (Å²) in [5.41, 5.74) is 2.52. The minimum atomic E-state index is -0.246. The molecule has 6 heteroatoms. The number of para-hydroxylation sites is 1. The van der Waals surface area contributed by atoms with Gasteiger partial charge in [0.1, 0.15) is 0 Å². The maximum atomic E-state index is 12.2. The van der Waals surface area contributed by atoms with Crippen LogP contribution in [-0.2, 0) is 14.9 Å². The molecule has 0 bridgehead atoms. The molecule has 4 rings (SSSR count). The first-order chi connectivity index (χ1) is 14.5. The molecule has 2 fully saturated rings. The largest absolute Gasteiger partial charge is 0.436 e. The van der Waals surface area contributed by atoms with Crippen LogP contribution < -0.4 is 4.90 Å². The molecule has 30 heavy (non-hydrogen) atoms. The molecular formula is C24H31N3O3. The summed E-state index contributed by atoms with van der Waals surface area (Å²) in [5.74, 6) is 6.13. The number of fused-ring (bicyclic) bond motifs is 2. The molecule has 1 aromatic rings. The Morgan fingerprint density at radius 1 is 1.20 bits per heavy atom. The number of piperidine rings is 1. The van der Waals surface area contributed by atoms with E-state index in [0.29, 0.717) is 5.92 Å². The molecule has 0 aromatic heterocycles. The van der Waals surface area contributed by atoms with Gasteiger partial charge in [0.15, 0.2) is 6.61 Å². The zero-order valence-corrected chi connectivity index (χ0v) is 18.0. The summed E-state index contributed by atoms with van der Waals surface area (Å²) in [6.45, 7) is 9.00. The monoisotopic (exact) mass is 409 g/mol. The van der Waals surface area contributed by atoms with Crippen molar-refractivity contribution in [1.29, 1.82) is 0 Å². The quantitative estimate of drug-likeness (QED) is 0.721. The summed E-state index contributed by atoms with van der Waals surface area (Å²) in [7, 11) is 0. The number of hydrogen-bond acceptors (Lipinski definition) is 4. The molecule has 0 radical (unpaired) electrons. The third-order valence-electron chi connectivity index (χ3n) is 6.93. The number of rotatable bonds is 3. The topological polar surface area (TPSA) is 53.1 Å². The van der Waals surface area contributed by atoms with Crippen molar-refractivity contribution in [3.05, 3.63) is 29.8 Å². The van der Waals surface area contributed by atoms with Gasteiger partial charge < -0.3 is 19.4 Å². The lowest BCUT2D eigenvalue weighted by Gasteiger charge is -2.40. The van der Waals surface area contributed by atoms with Crippen LogP contribution in [0.15, 0.2) is 24.3 Å². The molecule has 2 amide bonds. The van der Waals surface area contributed by atoms with E-state index in [1.807, 2.05) is 15.9 Å². The van der Waals surface area contributed by atoms with Crippen molar-refractivity contribution in [2.45, 2.75) is 38.5 Å². The second kappa shape index (κ2) is 8.69. The molecule has 3 aliphatic rings.